The second kappa shape index (κ2) is 11.8. The maximum absolute atomic E-state index is 6.04. The molecule has 192 valence electrons. The Morgan fingerprint density at radius 1 is 0.889 bits per heavy atom. The number of hydrogen-bond acceptors (Lipinski definition) is 7. The van der Waals surface area contributed by atoms with Crippen LogP contribution in [-0.2, 0) is 19.6 Å². The highest BCUT2D eigenvalue weighted by Crippen LogP contribution is 2.24. The van der Waals surface area contributed by atoms with Crippen molar-refractivity contribution in [3.05, 3.63) is 71.6 Å². The third kappa shape index (κ3) is 6.39. The predicted octanol–water partition coefficient (Wildman–Crippen LogP) is 4.63. The van der Waals surface area contributed by atoms with Crippen LogP contribution in [0, 0.1) is 0 Å². The van der Waals surface area contributed by atoms with Gasteiger partial charge in [-0.15, -0.1) is 0 Å². The number of anilines is 2. The average molecular weight is 490 g/mol. The van der Waals surface area contributed by atoms with Gasteiger partial charge in [-0.3, -0.25) is 4.90 Å². The summed E-state index contributed by atoms with van der Waals surface area (Å²) in [6, 6.07) is 17.9. The lowest BCUT2D eigenvalue weighted by Crippen LogP contribution is -2.44. The van der Waals surface area contributed by atoms with E-state index in [0.29, 0.717) is 12.6 Å². The van der Waals surface area contributed by atoms with Crippen molar-refractivity contribution in [2.75, 3.05) is 63.2 Å². The van der Waals surface area contributed by atoms with Crippen LogP contribution in [0.5, 0.6) is 5.75 Å². The molecule has 0 saturated carbocycles. The summed E-state index contributed by atoms with van der Waals surface area (Å²) in [5, 5.41) is 0. The molecule has 3 aromatic rings. The lowest BCUT2D eigenvalue weighted by atomic mass is 10.1. The van der Waals surface area contributed by atoms with Crippen LogP contribution in [0.2, 0.25) is 0 Å². The SMILES string of the molecule is COc1cccc(CN(Cc2ccc(N3CCN(C)CC3)cc2)c2nc(CN3CCCCC3)co2)c1. The highest BCUT2D eigenvalue weighted by Gasteiger charge is 2.19. The summed E-state index contributed by atoms with van der Waals surface area (Å²) in [5.74, 6) is 0.863. The minimum Gasteiger partial charge on any atom is -0.497 e. The summed E-state index contributed by atoms with van der Waals surface area (Å²) in [6.45, 7) is 8.95. The third-order valence-corrected chi connectivity index (χ3v) is 7.33. The zero-order chi connectivity index (χ0) is 24.7. The summed E-state index contributed by atoms with van der Waals surface area (Å²) in [5.41, 5.74) is 4.71. The molecule has 0 radical (unpaired) electrons. The van der Waals surface area contributed by atoms with Gasteiger partial charge in [-0.2, -0.15) is 4.98 Å². The van der Waals surface area contributed by atoms with Crippen LogP contribution in [0.25, 0.3) is 0 Å². The Morgan fingerprint density at radius 2 is 1.64 bits per heavy atom. The monoisotopic (exact) mass is 489 g/mol. The number of nitrogens with zero attached hydrogens (tertiary/aromatic N) is 5. The van der Waals surface area contributed by atoms with Crippen molar-refractivity contribution in [1.82, 2.24) is 14.8 Å². The predicted molar refractivity (Wildman–Crippen MR) is 145 cm³/mol. The van der Waals surface area contributed by atoms with Gasteiger partial charge in [-0.1, -0.05) is 30.7 Å². The quantitative estimate of drug-likeness (QED) is 0.434. The van der Waals surface area contributed by atoms with Crippen LogP contribution >= 0.6 is 0 Å². The van der Waals surface area contributed by atoms with Crippen molar-refractivity contribution in [2.45, 2.75) is 38.9 Å². The van der Waals surface area contributed by atoms with Gasteiger partial charge >= 0.3 is 0 Å². The normalized spacial score (nSPS) is 17.3. The van der Waals surface area contributed by atoms with Crippen LogP contribution in [-0.4, -0.2) is 68.2 Å². The first-order valence-electron chi connectivity index (χ1n) is 13.2. The molecule has 0 amide bonds. The van der Waals surface area contributed by atoms with Gasteiger partial charge in [0.2, 0.25) is 0 Å². The number of rotatable bonds is 9. The largest absolute Gasteiger partial charge is 0.497 e. The second-order valence-electron chi connectivity index (χ2n) is 10.1. The lowest BCUT2D eigenvalue weighted by molar-refractivity contribution is 0.218. The third-order valence-electron chi connectivity index (χ3n) is 7.33. The van der Waals surface area contributed by atoms with Crippen molar-refractivity contribution < 1.29 is 9.15 Å². The molecule has 0 bridgehead atoms. The first-order chi connectivity index (χ1) is 17.7. The number of ether oxygens (including phenoxy) is 1. The highest BCUT2D eigenvalue weighted by molar-refractivity contribution is 5.49. The molecule has 2 aromatic carbocycles. The van der Waals surface area contributed by atoms with Gasteiger partial charge in [-0.05, 0) is 68.4 Å². The highest BCUT2D eigenvalue weighted by atomic mass is 16.5. The first kappa shape index (κ1) is 24.7. The zero-order valence-corrected chi connectivity index (χ0v) is 21.7. The molecule has 2 saturated heterocycles. The summed E-state index contributed by atoms with van der Waals surface area (Å²) < 4.78 is 11.5. The fraction of sp³-hybridized carbons (Fsp3) is 0.483. The molecule has 0 aliphatic carbocycles. The fourth-order valence-electron chi connectivity index (χ4n) is 5.14. The molecule has 2 aliphatic heterocycles. The smallest absolute Gasteiger partial charge is 0.298 e. The van der Waals surface area contributed by atoms with E-state index < -0.39 is 0 Å². The molecule has 7 heteroatoms. The number of piperidine rings is 1. The van der Waals surface area contributed by atoms with Crippen molar-refractivity contribution in [3.63, 3.8) is 0 Å². The Morgan fingerprint density at radius 3 is 2.39 bits per heavy atom. The standard InChI is InChI=1S/C29H39N5O2/c1-31-15-17-33(18-16-31)27-11-9-24(10-12-27)20-34(21-25-7-6-8-28(19-25)35-2)29-30-26(23-36-29)22-32-13-4-3-5-14-32/h6-12,19,23H,3-5,13-18,20-22H2,1-2H3. The van der Waals surface area contributed by atoms with Gasteiger partial charge in [0.1, 0.15) is 12.0 Å². The molecule has 2 aliphatic rings. The van der Waals surface area contributed by atoms with Gasteiger partial charge in [0, 0.05) is 51.5 Å². The van der Waals surface area contributed by atoms with E-state index in [-0.39, 0.29) is 0 Å². The van der Waals surface area contributed by atoms with E-state index in [2.05, 4.69) is 63.0 Å². The van der Waals surface area contributed by atoms with Gasteiger partial charge < -0.3 is 23.9 Å². The fourth-order valence-corrected chi connectivity index (χ4v) is 5.14. The van der Waals surface area contributed by atoms with E-state index in [1.807, 2.05) is 18.4 Å². The van der Waals surface area contributed by atoms with E-state index in [1.54, 1.807) is 7.11 Å². The summed E-state index contributed by atoms with van der Waals surface area (Å²) in [4.78, 5) is 14.5. The molecule has 1 aromatic heterocycles. The Bertz CT molecular complexity index is 1090. The van der Waals surface area contributed by atoms with E-state index in [4.69, 9.17) is 14.1 Å². The number of methoxy groups -OCH3 is 1. The van der Waals surface area contributed by atoms with Gasteiger partial charge in [0.25, 0.3) is 6.01 Å². The summed E-state index contributed by atoms with van der Waals surface area (Å²) in [7, 11) is 3.90. The lowest BCUT2D eigenvalue weighted by Gasteiger charge is -2.34. The summed E-state index contributed by atoms with van der Waals surface area (Å²) >= 11 is 0. The molecule has 0 N–H and O–H groups in total. The van der Waals surface area contributed by atoms with Crippen molar-refractivity contribution >= 4 is 11.7 Å². The van der Waals surface area contributed by atoms with Gasteiger partial charge in [0.05, 0.1) is 12.8 Å². The Labute approximate surface area is 215 Å². The van der Waals surface area contributed by atoms with Crippen molar-refractivity contribution in [3.8, 4) is 5.75 Å². The molecule has 0 unspecified atom stereocenters. The summed E-state index contributed by atoms with van der Waals surface area (Å²) in [6.07, 6.45) is 5.72. The van der Waals surface area contributed by atoms with Crippen LogP contribution < -0.4 is 14.5 Å². The van der Waals surface area contributed by atoms with E-state index >= 15 is 0 Å². The first-order valence-corrected chi connectivity index (χ1v) is 13.2. The average Bonchev–Trinajstić information content (AvgIpc) is 3.38. The molecule has 0 atom stereocenters. The molecule has 0 spiro atoms. The van der Waals surface area contributed by atoms with Crippen LogP contribution in [0.1, 0.15) is 36.1 Å². The number of likely N-dealkylation sites (tertiary alicyclic amines) is 1. The van der Waals surface area contributed by atoms with E-state index in [1.165, 1.54) is 36.1 Å². The van der Waals surface area contributed by atoms with E-state index in [9.17, 15) is 0 Å². The topological polar surface area (TPSA) is 48.2 Å². The van der Waals surface area contributed by atoms with Gasteiger partial charge in [0.15, 0.2) is 0 Å². The van der Waals surface area contributed by atoms with E-state index in [0.717, 1.165) is 63.8 Å². The minimum absolute atomic E-state index is 0.674. The molecule has 36 heavy (non-hydrogen) atoms. The number of hydrogen-bond donors (Lipinski definition) is 0. The number of oxazole rings is 1. The maximum Gasteiger partial charge on any atom is 0.298 e. The zero-order valence-electron chi connectivity index (χ0n) is 21.7. The molecule has 7 nitrogen and oxygen atoms in total. The number of benzene rings is 2. The van der Waals surface area contributed by atoms with Crippen molar-refractivity contribution in [1.29, 1.82) is 0 Å². The molecule has 5 rings (SSSR count). The number of piperazine rings is 1. The molecule has 2 fully saturated rings. The molecule has 3 heterocycles. The number of aromatic nitrogens is 1. The molecular weight excluding hydrogens is 450 g/mol. The number of likely N-dealkylation sites (N-methyl/N-ethyl adjacent to an activating group) is 1. The van der Waals surface area contributed by atoms with Crippen LogP contribution in [0.4, 0.5) is 11.7 Å². The minimum atomic E-state index is 0.674. The van der Waals surface area contributed by atoms with Crippen LogP contribution in [0.3, 0.4) is 0 Å². The van der Waals surface area contributed by atoms with Gasteiger partial charge in [-0.25, -0.2) is 0 Å². The maximum atomic E-state index is 6.04. The van der Waals surface area contributed by atoms with Crippen molar-refractivity contribution in [2.24, 2.45) is 0 Å². The Kier molecular flexibility index (Phi) is 8.08. The van der Waals surface area contributed by atoms with Crippen LogP contribution in [0.15, 0.2) is 59.2 Å². The molecular formula is C29H39N5O2. The Balaban J connectivity index is 1.31. The Hall–Kier alpha value is -3.03. The second-order valence-corrected chi connectivity index (χ2v) is 10.1.